The van der Waals surface area contributed by atoms with Crippen LogP contribution in [0.15, 0.2) is 42.5 Å². The van der Waals surface area contributed by atoms with Crippen molar-refractivity contribution in [2.75, 3.05) is 5.73 Å². The third kappa shape index (κ3) is 3.15. The van der Waals surface area contributed by atoms with Crippen molar-refractivity contribution in [3.05, 3.63) is 48.3 Å². The molecule has 0 aliphatic carbocycles. The highest BCUT2D eigenvalue weighted by atomic mass is 19.4. The molecule has 0 saturated heterocycles. The molecule has 0 aliphatic heterocycles. The van der Waals surface area contributed by atoms with Gasteiger partial charge in [0.15, 0.2) is 5.75 Å². The fourth-order valence-electron chi connectivity index (χ4n) is 1.63. The highest BCUT2D eigenvalue weighted by Gasteiger charge is 2.31. The Labute approximate surface area is 106 Å². The molecular formula is C13H9F4NO. The molecule has 0 fully saturated rings. The van der Waals surface area contributed by atoms with E-state index < -0.39 is 17.9 Å². The maximum atomic E-state index is 13.5. The maximum Gasteiger partial charge on any atom is 0.573 e. The van der Waals surface area contributed by atoms with Crippen LogP contribution in [0, 0.1) is 5.82 Å². The van der Waals surface area contributed by atoms with Crippen LogP contribution < -0.4 is 10.5 Å². The molecule has 2 N–H and O–H groups in total. The number of benzene rings is 2. The van der Waals surface area contributed by atoms with Crippen molar-refractivity contribution in [1.82, 2.24) is 0 Å². The zero-order valence-corrected chi connectivity index (χ0v) is 9.54. The Kier molecular flexibility index (Phi) is 3.33. The van der Waals surface area contributed by atoms with Gasteiger partial charge in [0.05, 0.1) is 5.69 Å². The molecule has 2 rings (SSSR count). The van der Waals surface area contributed by atoms with Gasteiger partial charge >= 0.3 is 6.36 Å². The van der Waals surface area contributed by atoms with E-state index in [0.717, 1.165) is 6.07 Å². The number of halogens is 4. The van der Waals surface area contributed by atoms with Gasteiger partial charge in [-0.25, -0.2) is 4.39 Å². The van der Waals surface area contributed by atoms with Crippen LogP contribution in [0.5, 0.6) is 5.75 Å². The van der Waals surface area contributed by atoms with E-state index in [0.29, 0.717) is 5.56 Å². The number of hydrogen-bond acceptors (Lipinski definition) is 2. The molecule has 0 radical (unpaired) electrons. The van der Waals surface area contributed by atoms with Crippen LogP contribution in [0.3, 0.4) is 0 Å². The molecule has 0 heterocycles. The first-order chi connectivity index (χ1) is 8.87. The highest BCUT2D eigenvalue weighted by Crippen LogP contribution is 2.32. The minimum Gasteiger partial charge on any atom is -0.404 e. The first-order valence-electron chi connectivity index (χ1n) is 5.27. The number of anilines is 1. The summed E-state index contributed by atoms with van der Waals surface area (Å²) in [4.78, 5) is 0. The van der Waals surface area contributed by atoms with E-state index in [9.17, 15) is 17.6 Å². The van der Waals surface area contributed by atoms with Gasteiger partial charge in [-0.2, -0.15) is 0 Å². The van der Waals surface area contributed by atoms with Crippen LogP contribution in [-0.4, -0.2) is 6.36 Å². The average Bonchev–Trinajstić information content (AvgIpc) is 2.31. The molecule has 0 bridgehead atoms. The minimum absolute atomic E-state index is 0.210. The second-order valence-electron chi connectivity index (χ2n) is 3.78. The van der Waals surface area contributed by atoms with Gasteiger partial charge < -0.3 is 10.5 Å². The monoisotopic (exact) mass is 271 g/mol. The lowest BCUT2D eigenvalue weighted by Crippen LogP contribution is -2.18. The second kappa shape index (κ2) is 4.79. The second-order valence-corrected chi connectivity index (χ2v) is 3.78. The SMILES string of the molecule is Nc1cc(-c2ccccc2F)ccc1OC(F)(F)F. The van der Waals surface area contributed by atoms with Crippen LogP contribution in [0.2, 0.25) is 0 Å². The van der Waals surface area contributed by atoms with Gasteiger partial charge in [0.1, 0.15) is 5.82 Å². The molecular weight excluding hydrogens is 262 g/mol. The Morgan fingerprint density at radius 3 is 2.26 bits per heavy atom. The molecule has 2 nitrogen and oxygen atoms in total. The largest absolute Gasteiger partial charge is 0.573 e. The van der Waals surface area contributed by atoms with Crippen LogP contribution >= 0.6 is 0 Å². The van der Waals surface area contributed by atoms with Gasteiger partial charge in [-0.05, 0) is 23.8 Å². The number of ether oxygens (including phenoxy) is 1. The van der Waals surface area contributed by atoms with Crippen molar-refractivity contribution in [3.8, 4) is 16.9 Å². The minimum atomic E-state index is -4.81. The lowest BCUT2D eigenvalue weighted by atomic mass is 10.0. The quantitative estimate of drug-likeness (QED) is 0.662. The standard InChI is InChI=1S/C13H9F4NO/c14-10-4-2-1-3-9(10)8-5-6-12(11(18)7-8)19-13(15,16)17/h1-7H,18H2. The van der Waals surface area contributed by atoms with E-state index in [-0.39, 0.29) is 11.3 Å². The van der Waals surface area contributed by atoms with Gasteiger partial charge in [-0.15, -0.1) is 13.2 Å². The summed E-state index contributed by atoms with van der Waals surface area (Å²) in [7, 11) is 0. The first kappa shape index (κ1) is 13.2. The molecule has 0 aliphatic rings. The smallest absolute Gasteiger partial charge is 0.404 e. The van der Waals surface area contributed by atoms with Gasteiger partial charge in [-0.1, -0.05) is 24.3 Å². The third-order valence-electron chi connectivity index (χ3n) is 2.42. The van der Waals surface area contributed by atoms with Gasteiger partial charge in [-0.3, -0.25) is 0 Å². The fraction of sp³-hybridized carbons (Fsp3) is 0.0769. The molecule has 0 aromatic heterocycles. The molecule has 0 saturated carbocycles. The highest BCUT2D eigenvalue weighted by molar-refractivity contribution is 5.71. The van der Waals surface area contributed by atoms with E-state index in [1.165, 1.54) is 30.3 Å². The molecule has 2 aromatic rings. The van der Waals surface area contributed by atoms with Crippen LogP contribution in [0.1, 0.15) is 0 Å². The van der Waals surface area contributed by atoms with E-state index >= 15 is 0 Å². The Morgan fingerprint density at radius 1 is 1.00 bits per heavy atom. The average molecular weight is 271 g/mol. The maximum absolute atomic E-state index is 13.5. The Morgan fingerprint density at radius 2 is 1.68 bits per heavy atom. The van der Waals surface area contributed by atoms with Crippen molar-refractivity contribution < 1.29 is 22.3 Å². The van der Waals surface area contributed by atoms with Crippen molar-refractivity contribution in [1.29, 1.82) is 0 Å². The van der Waals surface area contributed by atoms with E-state index in [1.54, 1.807) is 6.07 Å². The van der Waals surface area contributed by atoms with Crippen molar-refractivity contribution >= 4 is 5.69 Å². The molecule has 2 aromatic carbocycles. The molecule has 19 heavy (non-hydrogen) atoms. The number of nitrogens with two attached hydrogens (primary N) is 1. The van der Waals surface area contributed by atoms with Gasteiger partial charge in [0.2, 0.25) is 0 Å². The molecule has 0 spiro atoms. The molecule has 0 unspecified atom stereocenters. The predicted molar refractivity (Wildman–Crippen MR) is 62.9 cm³/mol. The summed E-state index contributed by atoms with van der Waals surface area (Å²) in [5.41, 5.74) is 5.90. The van der Waals surface area contributed by atoms with E-state index in [4.69, 9.17) is 5.73 Å². The van der Waals surface area contributed by atoms with Crippen molar-refractivity contribution in [2.24, 2.45) is 0 Å². The molecule has 100 valence electrons. The molecule has 0 amide bonds. The lowest BCUT2D eigenvalue weighted by molar-refractivity contribution is -0.274. The van der Waals surface area contributed by atoms with Crippen molar-refractivity contribution in [2.45, 2.75) is 6.36 Å². The van der Waals surface area contributed by atoms with Gasteiger partial charge in [0.25, 0.3) is 0 Å². The Bertz CT molecular complexity index is 595. The Balaban J connectivity index is 2.37. The van der Waals surface area contributed by atoms with Crippen molar-refractivity contribution in [3.63, 3.8) is 0 Å². The summed E-state index contributed by atoms with van der Waals surface area (Å²) in [6, 6.07) is 9.51. The predicted octanol–water partition coefficient (Wildman–Crippen LogP) is 3.97. The first-order valence-corrected chi connectivity index (χ1v) is 5.27. The summed E-state index contributed by atoms with van der Waals surface area (Å²) >= 11 is 0. The number of hydrogen-bond donors (Lipinski definition) is 1. The van der Waals surface area contributed by atoms with E-state index in [2.05, 4.69) is 4.74 Å². The lowest BCUT2D eigenvalue weighted by Gasteiger charge is -2.12. The van der Waals surface area contributed by atoms with Crippen LogP contribution in [0.25, 0.3) is 11.1 Å². The summed E-state index contributed by atoms with van der Waals surface area (Å²) in [5.74, 6) is -0.987. The normalized spacial score (nSPS) is 11.4. The number of nitrogen functional groups attached to an aromatic ring is 1. The zero-order chi connectivity index (χ0) is 14.0. The van der Waals surface area contributed by atoms with E-state index in [1.807, 2.05) is 0 Å². The number of rotatable bonds is 2. The fourth-order valence-corrected chi connectivity index (χ4v) is 1.63. The summed E-state index contributed by atoms with van der Waals surface area (Å²) in [6.07, 6.45) is -4.81. The summed E-state index contributed by atoms with van der Waals surface area (Å²) < 4.78 is 53.5. The number of alkyl halides is 3. The molecule has 0 atom stereocenters. The summed E-state index contributed by atoms with van der Waals surface area (Å²) in [5, 5.41) is 0. The summed E-state index contributed by atoms with van der Waals surface area (Å²) in [6.45, 7) is 0. The topological polar surface area (TPSA) is 35.2 Å². The van der Waals surface area contributed by atoms with Crippen LogP contribution in [0.4, 0.5) is 23.2 Å². The van der Waals surface area contributed by atoms with Gasteiger partial charge in [0, 0.05) is 5.56 Å². The van der Waals surface area contributed by atoms with Crippen LogP contribution in [-0.2, 0) is 0 Å². The Hall–Kier alpha value is -2.24. The third-order valence-corrected chi connectivity index (χ3v) is 2.42. The zero-order valence-electron chi connectivity index (χ0n) is 9.54. The molecule has 6 heteroatoms.